The van der Waals surface area contributed by atoms with E-state index in [1.165, 1.54) is 23.2 Å². The van der Waals surface area contributed by atoms with Crippen LogP contribution in [0.15, 0.2) is 27.9 Å². The lowest BCUT2D eigenvalue weighted by Crippen LogP contribution is -2.05. The molecule has 10 heavy (non-hydrogen) atoms. The Morgan fingerprint density at radius 3 is 3.40 bits per heavy atom. The second kappa shape index (κ2) is 1.66. The van der Waals surface area contributed by atoms with Crippen molar-refractivity contribution in [2.75, 3.05) is 0 Å². The van der Waals surface area contributed by atoms with Crippen LogP contribution in [0.1, 0.15) is 0 Å². The molecule has 0 spiro atoms. The Bertz CT molecular complexity index is 402. The molecule has 0 aliphatic heterocycles. The number of fused-ring (bicyclic) bond motifs is 1. The molecule has 2 aromatic heterocycles. The molecule has 0 aliphatic carbocycles. The van der Waals surface area contributed by atoms with E-state index in [1.54, 1.807) is 0 Å². The second-order valence-corrected chi connectivity index (χ2v) is 1.73. The molecule has 0 aliphatic rings. The van der Waals surface area contributed by atoms with Gasteiger partial charge < -0.3 is 4.42 Å². The summed E-state index contributed by atoms with van der Waals surface area (Å²) < 4.78 is 6.12. The van der Waals surface area contributed by atoms with Gasteiger partial charge in [0.15, 0.2) is 0 Å². The van der Waals surface area contributed by atoms with Gasteiger partial charge in [-0.3, -0.25) is 4.79 Å². The molecule has 5 nitrogen and oxygen atoms in total. The largest absolute Gasteiger partial charge is 0.410 e. The topological polar surface area (TPSA) is 60.4 Å². The monoisotopic (exact) mass is 137 g/mol. The fourth-order valence-electron chi connectivity index (χ4n) is 0.671. The molecule has 2 rings (SSSR count). The van der Waals surface area contributed by atoms with Crippen molar-refractivity contribution >= 4 is 5.84 Å². The highest BCUT2D eigenvalue weighted by Crippen LogP contribution is 1.90. The SMILES string of the molecule is O=c1ccn2ncoc2n1. The highest BCUT2D eigenvalue weighted by atomic mass is 16.4. The molecule has 50 valence electrons. The van der Waals surface area contributed by atoms with Gasteiger partial charge in [0, 0.05) is 12.3 Å². The maximum Gasteiger partial charge on any atom is 0.327 e. The van der Waals surface area contributed by atoms with Crippen molar-refractivity contribution in [3.05, 3.63) is 29.0 Å². The van der Waals surface area contributed by atoms with E-state index in [4.69, 9.17) is 4.42 Å². The summed E-state index contributed by atoms with van der Waals surface area (Å²) in [7, 11) is 0. The number of hydrogen-bond donors (Lipinski definition) is 0. The zero-order valence-corrected chi connectivity index (χ0v) is 4.89. The summed E-state index contributed by atoms with van der Waals surface area (Å²) >= 11 is 0. The first-order chi connectivity index (χ1) is 4.86. The van der Waals surface area contributed by atoms with Crippen molar-refractivity contribution in [2.24, 2.45) is 0 Å². The number of rotatable bonds is 0. The molecular weight excluding hydrogens is 134 g/mol. The van der Waals surface area contributed by atoms with Gasteiger partial charge in [0.2, 0.25) is 6.39 Å². The van der Waals surface area contributed by atoms with Gasteiger partial charge in [0.05, 0.1) is 0 Å². The third-order valence-corrected chi connectivity index (χ3v) is 1.09. The van der Waals surface area contributed by atoms with Gasteiger partial charge in [-0.1, -0.05) is 0 Å². The van der Waals surface area contributed by atoms with Crippen LogP contribution >= 0.6 is 0 Å². The predicted molar refractivity (Wildman–Crippen MR) is 31.5 cm³/mol. The van der Waals surface area contributed by atoms with Crippen molar-refractivity contribution in [1.29, 1.82) is 0 Å². The van der Waals surface area contributed by atoms with Crippen LogP contribution in [0.5, 0.6) is 0 Å². The molecule has 0 amide bonds. The van der Waals surface area contributed by atoms with E-state index in [0.717, 1.165) is 0 Å². The van der Waals surface area contributed by atoms with Crippen LogP contribution in [0.4, 0.5) is 0 Å². The molecule has 0 aromatic carbocycles. The van der Waals surface area contributed by atoms with Crippen LogP contribution in [0.3, 0.4) is 0 Å². The Hall–Kier alpha value is -1.65. The molecule has 0 bridgehead atoms. The van der Waals surface area contributed by atoms with E-state index in [0.29, 0.717) is 0 Å². The zero-order chi connectivity index (χ0) is 6.97. The van der Waals surface area contributed by atoms with Crippen molar-refractivity contribution in [3.63, 3.8) is 0 Å². The normalized spacial score (nSPS) is 10.4. The highest BCUT2D eigenvalue weighted by Gasteiger charge is 1.94. The standard InChI is InChI=1S/C5H3N3O2/c9-4-1-2-8-5(7-4)10-3-6-8/h1-3H. The molecule has 0 radical (unpaired) electrons. The Labute approximate surface area is 54.9 Å². The summed E-state index contributed by atoms with van der Waals surface area (Å²) in [6.07, 6.45) is 2.72. The van der Waals surface area contributed by atoms with Crippen LogP contribution in [0.2, 0.25) is 0 Å². The number of hydrogen-bond acceptors (Lipinski definition) is 4. The molecule has 5 heteroatoms. The average Bonchev–Trinajstić information content (AvgIpc) is 2.33. The Morgan fingerprint density at radius 2 is 2.50 bits per heavy atom. The Balaban J connectivity index is 2.99. The first-order valence-corrected chi connectivity index (χ1v) is 2.65. The van der Waals surface area contributed by atoms with E-state index in [-0.39, 0.29) is 11.4 Å². The minimum atomic E-state index is -0.322. The Morgan fingerprint density at radius 1 is 1.60 bits per heavy atom. The molecule has 2 heterocycles. The molecule has 0 unspecified atom stereocenters. The molecule has 2 aromatic rings. The number of nitrogens with zero attached hydrogens (tertiary/aromatic N) is 3. The van der Waals surface area contributed by atoms with Crippen LogP contribution in [0, 0.1) is 0 Å². The third kappa shape index (κ3) is 0.604. The molecule has 0 fully saturated rings. The first-order valence-electron chi connectivity index (χ1n) is 2.65. The predicted octanol–water partition coefficient (Wildman–Crippen LogP) is -0.318. The van der Waals surface area contributed by atoms with Crippen molar-refractivity contribution in [1.82, 2.24) is 14.6 Å². The van der Waals surface area contributed by atoms with Gasteiger partial charge in [0.25, 0.3) is 5.56 Å². The fourth-order valence-corrected chi connectivity index (χ4v) is 0.671. The lowest BCUT2D eigenvalue weighted by Gasteiger charge is -1.82. The minimum Gasteiger partial charge on any atom is -0.410 e. The Kier molecular flexibility index (Phi) is 0.858. The minimum absolute atomic E-state index is 0.215. The average molecular weight is 137 g/mol. The van der Waals surface area contributed by atoms with Crippen LogP contribution in [-0.4, -0.2) is 14.6 Å². The zero-order valence-electron chi connectivity index (χ0n) is 4.89. The molecule has 0 saturated carbocycles. The fraction of sp³-hybridized carbons (Fsp3) is 0. The van der Waals surface area contributed by atoms with Gasteiger partial charge in [-0.2, -0.15) is 9.50 Å². The van der Waals surface area contributed by atoms with Gasteiger partial charge in [-0.05, 0) is 0 Å². The van der Waals surface area contributed by atoms with Gasteiger partial charge in [-0.15, -0.1) is 5.10 Å². The summed E-state index contributed by atoms with van der Waals surface area (Å²) in [6.45, 7) is 0. The summed E-state index contributed by atoms with van der Waals surface area (Å²) in [4.78, 5) is 14.1. The summed E-state index contributed by atoms with van der Waals surface area (Å²) in [5, 5.41) is 3.71. The van der Waals surface area contributed by atoms with E-state index < -0.39 is 0 Å². The molecular formula is C5H3N3O2. The van der Waals surface area contributed by atoms with Gasteiger partial charge in [-0.25, -0.2) is 0 Å². The summed E-state index contributed by atoms with van der Waals surface area (Å²) in [6, 6.07) is 1.32. The maximum atomic E-state index is 10.6. The first kappa shape index (κ1) is 5.16. The van der Waals surface area contributed by atoms with E-state index in [2.05, 4.69) is 10.1 Å². The van der Waals surface area contributed by atoms with Crippen LogP contribution in [-0.2, 0) is 0 Å². The van der Waals surface area contributed by atoms with Crippen LogP contribution in [0.25, 0.3) is 5.84 Å². The quantitative estimate of drug-likeness (QED) is 0.499. The van der Waals surface area contributed by atoms with Gasteiger partial charge >= 0.3 is 5.84 Å². The molecule has 0 N–H and O–H groups in total. The summed E-state index contributed by atoms with van der Waals surface area (Å²) in [5.74, 6) is 0.215. The maximum absolute atomic E-state index is 10.6. The molecule has 0 atom stereocenters. The van der Waals surface area contributed by atoms with Gasteiger partial charge in [0.1, 0.15) is 0 Å². The lowest BCUT2D eigenvalue weighted by atomic mass is 10.7. The smallest absolute Gasteiger partial charge is 0.327 e. The number of aromatic nitrogens is 3. The second-order valence-electron chi connectivity index (χ2n) is 1.73. The molecule has 0 saturated heterocycles. The van der Waals surface area contributed by atoms with E-state index >= 15 is 0 Å². The highest BCUT2D eigenvalue weighted by molar-refractivity contribution is 5.16. The van der Waals surface area contributed by atoms with E-state index in [9.17, 15) is 4.79 Å². The van der Waals surface area contributed by atoms with Crippen LogP contribution < -0.4 is 5.56 Å². The van der Waals surface area contributed by atoms with Crippen molar-refractivity contribution in [3.8, 4) is 0 Å². The van der Waals surface area contributed by atoms with E-state index in [1.807, 2.05) is 0 Å². The third-order valence-electron chi connectivity index (χ3n) is 1.09. The van der Waals surface area contributed by atoms with Crippen molar-refractivity contribution < 1.29 is 4.42 Å². The lowest BCUT2D eigenvalue weighted by molar-refractivity contribution is 0.585. The summed E-state index contributed by atoms with van der Waals surface area (Å²) in [5.41, 5.74) is -0.322. The van der Waals surface area contributed by atoms with Crippen molar-refractivity contribution in [2.45, 2.75) is 0 Å².